The van der Waals surface area contributed by atoms with E-state index in [1.165, 1.54) is 13.8 Å². The zero-order valence-electron chi connectivity index (χ0n) is 7.62. The van der Waals surface area contributed by atoms with Gasteiger partial charge < -0.3 is 9.52 Å². The maximum atomic E-state index is 12.2. The molecule has 0 radical (unpaired) electrons. The first-order chi connectivity index (χ1) is 6.43. The predicted molar refractivity (Wildman–Crippen MR) is 42.2 cm³/mol. The summed E-state index contributed by atoms with van der Waals surface area (Å²) in [6.07, 6.45) is -2.77. The number of aliphatic carboxylic acids is 1. The Labute approximate surface area is 78.6 Å². The summed E-state index contributed by atoms with van der Waals surface area (Å²) in [5, 5.41) is 8.59. The molecule has 1 rings (SSSR count). The van der Waals surface area contributed by atoms with Gasteiger partial charge in [-0.15, -0.1) is 0 Å². The molecular weight excluding hydrogens is 196 g/mol. The molecule has 1 heterocycles. The zero-order valence-corrected chi connectivity index (χ0v) is 7.62. The van der Waals surface area contributed by atoms with E-state index in [9.17, 15) is 13.6 Å². The number of hydrogen-bond donors (Lipinski definition) is 1. The zero-order chi connectivity index (χ0) is 10.9. The van der Waals surface area contributed by atoms with Crippen LogP contribution in [0.4, 0.5) is 8.78 Å². The van der Waals surface area contributed by atoms with Crippen molar-refractivity contribution in [2.45, 2.75) is 26.2 Å². The van der Waals surface area contributed by atoms with Gasteiger partial charge in [-0.05, 0) is 13.8 Å². The summed E-state index contributed by atoms with van der Waals surface area (Å²) in [5.41, 5.74) is 0.0306. The van der Waals surface area contributed by atoms with Crippen molar-refractivity contribution in [1.82, 2.24) is 4.98 Å². The number of rotatable bonds is 3. The number of hydrogen-bond acceptors (Lipinski definition) is 3. The predicted octanol–water partition coefficient (Wildman–Crippen LogP) is 2.11. The number of oxazole rings is 1. The van der Waals surface area contributed by atoms with Crippen LogP contribution in [0.25, 0.3) is 0 Å². The molecular formula is C8H9F2NO3. The van der Waals surface area contributed by atoms with Crippen LogP contribution in [0.2, 0.25) is 0 Å². The SMILES string of the molecule is Cc1nc(C(C)C(=O)O)oc1C(F)F. The third kappa shape index (κ3) is 1.89. The topological polar surface area (TPSA) is 63.3 Å². The standard InChI is InChI=1S/C8H9F2NO3/c1-3(8(12)13)7-11-4(2)5(14-7)6(9)10/h3,6H,1-2H3,(H,12,13). The highest BCUT2D eigenvalue weighted by molar-refractivity contribution is 5.74. The summed E-state index contributed by atoms with van der Waals surface area (Å²) in [5.74, 6) is -2.92. The number of carbonyl (C=O) groups is 1. The van der Waals surface area contributed by atoms with Crippen LogP contribution >= 0.6 is 0 Å². The van der Waals surface area contributed by atoms with E-state index in [0.717, 1.165) is 0 Å². The van der Waals surface area contributed by atoms with Crippen LogP contribution in [0.1, 0.15) is 36.6 Å². The molecule has 0 aliphatic carbocycles. The van der Waals surface area contributed by atoms with Gasteiger partial charge in [-0.25, -0.2) is 13.8 Å². The molecule has 0 aliphatic heterocycles. The van der Waals surface area contributed by atoms with E-state index < -0.39 is 24.1 Å². The molecule has 1 aromatic heterocycles. The molecule has 1 aromatic rings. The van der Waals surface area contributed by atoms with Gasteiger partial charge in [-0.2, -0.15) is 0 Å². The number of nitrogens with zero attached hydrogens (tertiary/aromatic N) is 1. The minimum Gasteiger partial charge on any atom is -0.481 e. The number of halogens is 2. The highest BCUT2D eigenvalue weighted by Gasteiger charge is 2.24. The Morgan fingerprint density at radius 3 is 2.50 bits per heavy atom. The first kappa shape index (κ1) is 10.6. The summed E-state index contributed by atoms with van der Waals surface area (Å²) in [4.78, 5) is 14.1. The molecule has 0 amide bonds. The molecule has 4 nitrogen and oxygen atoms in total. The summed E-state index contributed by atoms with van der Waals surface area (Å²) in [6, 6.07) is 0. The molecule has 1 unspecified atom stereocenters. The highest BCUT2D eigenvalue weighted by atomic mass is 19.3. The van der Waals surface area contributed by atoms with E-state index in [2.05, 4.69) is 9.40 Å². The van der Waals surface area contributed by atoms with Crippen LogP contribution in [0.15, 0.2) is 4.42 Å². The van der Waals surface area contributed by atoms with Crippen molar-refractivity contribution >= 4 is 5.97 Å². The molecule has 0 fully saturated rings. The van der Waals surface area contributed by atoms with Crippen molar-refractivity contribution in [2.75, 3.05) is 0 Å². The summed E-state index contributed by atoms with van der Waals surface area (Å²) in [6.45, 7) is 2.67. The second kappa shape index (κ2) is 3.73. The second-order valence-corrected chi connectivity index (χ2v) is 2.86. The summed E-state index contributed by atoms with van der Waals surface area (Å²) in [7, 11) is 0. The quantitative estimate of drug-likeness (QED) is 0.820. The maximum absolute atomic E-state index is 12.2. The molecule has 14 heavy (non-hydrogen) atoms. The van der Waals surface area contributed by atoms with E-state index in [4.69, 9.17) is 5.11 Å². The van der Waals surface area contributed by atoms with Crippen molar-refractivity contribution in [2.24, 2.45) is 0 Å². The number of carboxylic acid groups (broad SMARTS) is 1. The monoisotopic (exact) mass is 205 g/mol. The van der Waals surface area contributed by atoms with Gasteiger partial charge in [-0.1, -0.05) is 0 Å². The first-order valence-corrected chi connectivity index (χ1v) is 3.91. The van der Waals surface area contributed by atoms with Crippen LogP contribution < -0.4 is 0 Å². The van der Waals surface area contributed by atoms with Gasteiger partial charge in [0.05, 0.1) is 5.69 Å². The minimum absolute atomic E-state index is 0.0306. The van der Waals surface area contributed by atoms with Crippen LogP contribution in [0.5, 0.6) is 0 Å². The fraction of sp³-hybridized carbons (Fsp3) is 0.500. The Morgan fingerprint density at radius 2 is 2.14 bits per heavy atom. The molecule has 0 aromatic carbocycles. The third-order valence-electron chi connectivity index (χ3n) is 1.79. The average molecular weight is 205 g/mol. The summed E-state index contributed by atoms with van der Waals surface area (Å²) < 4.78 is 29.1. The minimum atomic E-state index is -2.77. The van der Waals surface area contributed by atoms with E-state index in [0.29, 0.717) is 0 Å². The van der Waals surface area contributed by atoms with Gasteiger partial charge in [0.15, 0.2) is 5.76 Å². The van der Waals surface area contributed by atoms with Gasteiger partial charge in [0, 0.05) is 0 Å². The van der Waals surface area contributed by atoms with Crippen LogP contribution in [0.3, 0.4) is 0 Å². The highest BCUT2D eigenvalue weighted by Crippen LogP contribution is 2.26. The number of aromatic nitrogens is 1. The van der Waals surface area contributed by atoms with Crippen molar-refractivity contribution in [1.29, 1.82) is 0 Å². The van der Waals surface area contributed by atoms with Crippen LogP contribution in [-0.4, -0.2) is 16.1 Å². The maximum Gasteiger partial charge on any atom is 0.315 e. The van der Waals surface area contributed by atoms with Gasteiger partial charge in [0.25, 0.3) is 6.43 Å². The van der Waals surface area contributed by atoms with E-state index >= 15 is 0 Å². The normalized spacial score (nSPS) is 13.2. The number of carboxylic acids is 1. The fourth-order valence-electron chi connectivity index (χ4n) is 0.923. The molecule has 0 bridgehead atoms. The van der Waals surface area contributed by atoms with E-state index in [-0.39, 0.29) is 11.6 Å². The lowest BCUT2D eigenvalue weighted by molar-refractivity contribution is -0.138. The molecule has 0 aliphatic rings. The van der Waals surface area contributed by atoms with Gasteiger partial charge >= 0.3 is 5.97 Å². The lowest BCUT2D eigenvalue weighted by Crippen LogP contribution is -2.07. The second-order valence-electron chi connectivity index (χ2n) is 2.86. The Balaban J connectivity index is 3.02. The number of alkyl halides is 2. The van der Waals surface area contributed by atoms with Gasteiger partial charge in [0.1, 0.15) is 5.92 Å². The van der Waals surface area contributed by atoms with Crippen LogP contribution in [-0.2, 0) is 4.79 Å². The first-order valence-electron chi connectivity index (χ1n) is 3.91. The average Bonchev–Trinajstić information content (AvgIpc) is 2.45. The largest absolute Gasteiger partial charge is 0.481 e. The van der Waals surface area contributed by atoms with E-state index in [1.807, 2.05) is 0 Å². The summed E-state index contributed by atoms with van der Waals surface area (Å²) >= 11 is 0. The van der Waals surface area contributed by atoms with Crippen molar-refractivity contribution < 1.29 is 23.1 Å². The Kier molecular flexibility index (Phi) is 2.83. The lowest BCUT2D eigenvalue weighted by Gasteiger charge is -1.98. The smallest absolute Gasteiger partial charge is 0.315 e. The van der Waals surface area contributed by atoms with Gasteiger partial charge in [0.2, 0.25) is 5.89 Å². The Hall–Kier alpha value is -1.46. The van der Waals surface area contributed by atoms with E-state index in [1.54, 1.807) is 0 Å². The fourth-order valence-corrected chi connectivity index (χ4v) is 0.923. The molecule has 78 valence electrons. The van der Waals surface area contributed by atoms with Crippen LogP contribution in [0, 0.1) is 6.92 Å². The lowest BCUT2D eigenvalue weighted by atomic mass is 10.2. The third-order valence-corrected chi connectivity index (χ3v) is 1.79. The number of aryl methyl sites for hydroxylation is 1. The molecule has 0 spiro atoms. The van der Waals surface area contributed by atoms with Crippen molar-refractivity contribution in [3.63, 3.8) is 0 Å². The Morgan fingerprint density at radius 1 is 1.57 bits per heavy atom. The Bertz CT molecular complexity index is 348. The van der Waals surface area contributed by atoms with Crippen molar-refractivity contribution in [3.8, 4) is 0 Å². The molecule has 1 atom stereocenters. The molecule has 0 saturated carbocycles. The molecule has 6 heteroatoms. The molecule has 1 N–H and O–H groups in total. The van der Waals surface area contributed by atoms with Gasteiger partial charge in [-0.3, -0.25) is 4.79 Å². The molecule has 0 saturated heterocycles. The van der Waals surface area contributed by atoms with Crippen molar-refractivity contribution in [3.05, 3.63) is 17.3 Å².